The van der Waals surface area contributed by atoms with Crippen LogP contribution >= 0.6 is 23.2 Å². The van der Waals surface area contributed by atoms with Gasteiger partial charge >= 0.3 is 6.09 Å². The van der Waals surface area contributed by atoms with Gasteiger partial charge in [0.25, 0.3) is 0 Å². The molecule has 6 atom stereocenters. The lowest BCUT2D eigenvalue weighted by atomic mass is 9.74. The van der Waals surface area contributed by atoms with Crippen LogP contribution in [0.4, 0.5) is 14.9 Å². The molecule has 0 radical (unpaired) electrons. The average Bonchev–Trinajstić information content (AvgIpc) is 3.09. The van der Waals surface area contributed by atoms with Crippen LogP contribution in [0.25, 0.3) is 0 Å². The number of aromatic nitrogens is 1. The van der Waals surface area contributed by atoms with E-state index >= 15 is 4.39 Å². The molecule has 2 amide bonds. The van der Waals surface area contributed by atoms with Gasteiger partial charge < -0.3 is 25.4 Å². The number of hydrogen-bond acceptors (Lipinski definition) is 8. The Morgan fingerprint density at radius 3 is 2.56 bits per heavy atom. The lowest BCUT2D eigenvalue weighted by Gasteiger charge is -2.40. The highest BCUT2D eigenvalue weighted by Crippen LogP contribution is 2.37. The van der Waals surface area contributed by atoms with Gasteiger partial charge in [-0.2, -0.15) is 4.31 Å². The van der Waals surface area contributed by atoms with Crippen LogP contribution in [0.2, 0.25) is 5.02 Å². The monoisotopic (exact) mass is 751 g/mol. The quantitative estimate of drug-likeness (QED) is 0.263. The van der Waals surface area contributed by atoms with Crippen molar-refractivity contribution in [3.63, 3.8) is 0 Å². The van der Waals surface area contributed by atoms with Crippen molar-refractivity contribution in [1.29, 1.82) is 0 Å². The summed E-state index contributed by atoms with van der Waals surface area (Å²) in [6.45, 7) is 5.63. The van der Waals surface area contributed by atoms with Crippen LogP contribution in [0.15, 0.2) is 65.4 Å². The second-order valence-electron chi connectivity index (χ2n) is 13.0. The molecule has 3 aliphatic rings. The van der Waals surface area contributed by atoms with Crippen LogP contribution in [0, 0.1) is 23.6 Å². The first-order valence-electron chi connectivity index (χ1n) is 16.8. The number of carbonyl (C=O) groups is 2. The van der Waals surface area contributed by atoms with E-state index in [1.807, 2.05) is 32.1 Å². The molecule has 2 aliphatic heterocycles. The number of rotatable bonds is 11. The van der Waals surface area contributed by atoms with Gasteiger partial charge in [0, 0.05) is 54.9 Å². The summed E-state index contributed by atoms with van der Waals surface area (Å²) in [5.41, 5.74) is 1.16. The van der Waals surface area contributed by atoms with E-state index in [1.165, 1.54) is 41.9 Å². The zero-order chi connectivity index (χ0) is 36.0. The molecule has 3 heterocycles. The smallest absolute Gasteiger partial charge is 0.407 e. The first kappa shape index (κ1) is 38.2. The van der Waals surface area contributed by atoms with Crippen molar-refractivity contribution < 1.29 is 31.9 Å². The zero-order valence-electron chi connectivity index (χ0n) is 28.3. The predicted octanol–water partition coefficient (Wildman–Crippen LogP) is 5.30. The molecule has 3 N–H and O–H groups in total. The summed E-state index contributed by atoms with van der Waals surface area (Å²) in [5, 5.41) is 9.08. The molecule has 5 rings (SSSR count). The van der Waals surface area contributed by atoms with Gasteiger partial charge in [0.05, 0.1) is 35.5 Å². The van der Waals surface area contributed by atoms with Gasteiger partial charge in [0.2, 0.25) is 15.9 Å². The number of ether oxygens (including phenoxy) is 2. The summed E-state index contributed by atoms with van der Waals surface area (Å²) in [5.74, 6) is -1.72. The van der Waals surface area contributed by atoms with Crippen molar-refractivity contribution >= 4 is 50.9 Å². The van der Waals surface area contributed by atoms with Gasteiger partial charge in [-0.05, 0) is 74.3 Å². The average molecular weight is 753 g/mol. The minimum atomic E-state index is -3.91. The van der Waals surface area contributed by atoms with Crippen molar-refractivity contribution in [3.8, 4) is 0 Å². The Kier molecular flexibility index (Phi) is 12.9. The van der Waals surface area contributed by atoms with Crippen molar-refractivity contribution in [2.24, 2.45) is 17.8 Å². The third-order valence-electron chi connectivity index (χ3n) is 9.68. The van der Waals surface area contributed by atoms with Crippen LogP contribution in [0.1, 0.15) is 38.7 Å². The molecule has 1 aromatic heterocycles. The summed E-state index contributed by atoms with van der Waals surface area (Å²) in [7, 11) is -2.68. The molecule has 15 heteroatoms. The molecule has 0 bridgehead atoms. The predicted molar refractivity (Wildman–Crippen MR) is 190 cm³/mol. The third-order valence-corrected chi connectivity index (χ3v) is 12.6. The second-order valence-corrected chi connectivity index (χ2v) is 15.8. The molecule has 1 aliphatic carbocycles. The largest absolute Gasteiger partial charge is 0.453 e. The van der Waals surface area contributed by atoms with Gasteiger partial charge in [-0.15, -0.1) is 11.6 Å². The molecular weight excluding hydrogens is 708 g/mol. The Hall–Kier alpha value is -3.07. The van der Waals surface area contributed by atoms with Gasteiger partial charge in [0.1, 0.15) is 11.9 Å². The van der Waals surface area contributed by atoms with E-state index < -0.39 is 45.8 Å². The number of alkyl halides is 1. The Bertz CT molecular complexity index is 1690. The molecule has 272 valence electrons. The number of nitrogens with zero attached hydrogens (tertiary/aromatic N) is 2. The number of piperazine rings is 1. The van der Waals surface area contributed by atoms with E-state index in [0.717, 1.165) is 11.8 Å². The molecule has 50 heavy (non-hydrogen) atoms. The van der Waals surface area contributed by atoms with Crippen LogP contribution in [0.3, 0.4) is 0 Å². The van der Waals surface area contributed by atoms with E-state index in [1.54, 1.807) is 0 Å². The fourth-order valence-corrected chi connectivity index (χ4v) is 9.22. The summed E-state index contributed by atoms with van der Waals surface area (Å²) >= 11 is 12.5. The molecule has 2 fully saturated rings. The molecule has 2 aromatic rings. The highest BCUT2D eigenvalue weighted by Gasteiger charge is 2.40. The Labute approximate surface area is 303 Å². The number of anilines is 1. The number of nitrogens with one attached hydrogen (secondary N) is 3. The highest BCUT2D eigenvalue weighted by molar-refractivity contribution is 7.89. The summed E-state index contributed by atoms with van der Waals surface area (Å²) in [6, 6.07) is 4.02. The zero-order valence-corrected chi connectivity index (χ0v) is 30.6. The SMILES string of the molecule is COC(=O)N[C@H](C(=O)Nc1cncc(F)c1CC[C@H]1CNC[C@@H](C)N1S(=O)(=O)c1ccc(Cl)cc1)[C@@H](C1=CC(C)C(Cl)C=C1)C1CCOCC1. The van der Waals surface area contributed by atoms with Crippen molar-refractivity contribution in [2.75, 3.05) is 38.7 Å². The maximum absolute atomic E-state index is 15.5. The Balaban J connectivity index is 1.42. The number of alkyl carbamates (subject to hydrolysis) is 1. The number of pyridine rings is 1. The lowest BCUT2D eigenvalue weighted by molar-refractivity contribution is -0.119. The van der Waals surface area contributed by atoms with Crippen molar-refractivity contribution in [2.45, 2.75) is 67.9 Å². The number of benzene rings is 1. The first-order valence-corrected chi connectivity index (χ1v) is 19.1. The molecular formula is C35H44Cl2FN5O6S. The Morgan fingerprint density at radius 2 is 1.88 bits per heavy atom. The summed E-state index contributed by atoms with van der Waals surface area (Å²) in [6.07, 6.45) is 9.11. The fourth-order valence-electron chi connectivity index (χ4n) is 7.10. The normalized spacial score (nSPS) is 24.6. The maximum atomic E-state index is 15.5. The van der Waals surface area contributed by atoms with Gasteiger partial charge in [0.15, 0.2) is 0 Å². The van der Waals surface area contributed by atoms with Gasteiger partial charge in [-0.3, -0.25) is 9.78 Å². The van der Waals surface area contributed by atoms with E-state index in [9.17, 15) is 18.0 Å². The number of sulfonamides is 1. The minimum absolute atomic E-state index is 0.0139. The van der Waals surface area contributed by atoms with Crippen LogP contribution in [-0.2, 0) is 30.7 Å². The molecule has 2 saturated heterocycles. The number of carbonyl (C=O) groups excluding carboxylic acids is 2. The molecule has 11 nitrogen and oxygen atoms in total. The molecule has 1 aromatic carbocycles. The topological polar surface area (TPSA) is 139 Å². The van der Waals surface area contributed by atoms with Crippen LogP contribution < -0.4 is 16.0 Å². The van der Waals surface area contributed by atoms with E-state index in [0.29, 0.717) is 44.2 Å². The van der Waals surface area contributed by atoms with Gasteiger partial charge in [-0.1, -0.05) is 36.8 Å². The summed E-state index contributed by atoms with van der Waals surface area (Å²) in [4.78, 5) is 31.1. The number of halogens is 3. The van der Waals surface area contributed by atoms with E-state index in [4.69, 9.17) is 32.7 Å². The van der Waals surface area contributed by atoms with Crippen molar-refractivity contribution in [1.82, 2.24) is 19.9 Å². The molecule has 2 unspecified atom stereocenters. The van der Waals surface area contributed by atoms with Gasteiger partial charge in [-0.25, -0.2) is 17.6 Å². The third kappa shape index (κ3) is 8.86. The standard InChI is InChI=1S/C35H44Cl2FN5O6S/c1-21-16-24(4-11-29(21)37)32(23-12-14-49-15-13-23)33(42-35(45)48-3)34(44)41-31-20-40-19-30(38)28(31)10-7-26-18-39-17-22(2)43(26)50(46,47)27-8-5-25(36)6-9-27/h4-6,8-9,11,16,19-23,26,29,32-33,39H,7,10,12-15,17-18H2,1-3H3,(H,41,44)(H,42,45)/t21?,22-,26+,29?,32-,33+/m1/s1. The van der Waals surface area contributed by atoms with Crippen LogP contribution in [-0.4, -0.2) is 86.6 Å². The molecule has 0 saturated carbocycles. The fraction of sp³-hybridized carbons (Fsp3) is 0.514. The van der Waals surface area contributed by atoms with E-state index in [2.05, 4.69) is 20.9 Å². The summed E-state index contributed by atoms with van der Waals surface area (Å²) < 4.78 is 55.2. The first-order chi connectivity index (χ1) is 23.9. The number of amides is 2. The number of allylic oxidation sites excluding steroid dienone is 3. The number of methoxy groups -OCH3 is 1. The minimum Gasteiger partial charge on any atom is -0.453 e. The lowest BCUT2D eigenvalue weighted by Crippen LogP contribution is -2.58. The highest BCUT2D eigenvalue weighted by atomic mass is 35.5. The van der Waals surface area contributed by atoms with Crippen molar-refractivity contribution in [3.05, 3.63) is 76.9 Å². The second kappa shape index (κ2) is 17.0. The Morgan fingerprint density at radius 1 is 1.16 bits per heavy atom. The number of hydrogen-bond donors (Lipinski definition) is 3. The van der Waals surface area contributed by atoms with E-state index in [-0.39, 0.29) is 52.2 Å². The molecule has 0 spiro atoms. The van der Waals surface area contributed by atoms with Crippen LogP contribution in [0.5, 0.6) is 0 Å². The maximum Gasteiger partial charge on any atom is 0.407 e.